The molecule has 4 rings (SSSR count). The van der Waals surface area contributed by atoms with Crippen molar-refractivity contribution in [2.45, 2.75) is 19.4 Å². The van der Waals surface area contributed by atoms with Crippen molar-refractivity contribution in [3.05, 3.63) is 72.3 Å². The molecule has 2 heteroatoms. The molecular formula is C21H18O2. The molecule has 1 N–H and O–H groups in total. The van der Waals surface area contributed by atoms with Crippen molar-refractivity contribution in [2.75, 3.05) is 0 Å². The average molecular weight is 302 g/mol. The molecule has 3 aromatic carbocycles. The number of para-hydroxylation sites is 2. The molecule has 0 atom stereocenters. The third kappa shape index (κ3) is 2.23. The van der Waals surface area contributed by atoms with Crippen LogP contribution in [0.2, 0.25) is 0 Å². The lowest BCUT2D eigenvalue weighted by Gasteiger charge is -2.21. The summed E-state index contributed by atoms with van der Waals surface area (Å²) in [5.41, 5.74) is 3.75. The van der Waals surface area contributed by atoms with Crippen LogP contribution < -0.4 is 0 Å². The fraction of sp³-hybridized carbons (Fsp3) is 0.143. The molecule has 0 aliphatic heterocycles. The number of furan rings is 1. The van der Waals surface area contributed by atoms with Crippen LogP contribution in [0.25, 0.3) is 33.1 Å². The van der Waals surface area contributed by atoms with E-state index in [2.05, 4.69) is 18.2 Å². The normalized spacial score (nSPS) is 12.1. The Kier molecular flexibility index (Phi) is 3.03. The fourth-order valence-electron chi connectivity index (χ4n) is 3.21. The Bertz CT molecular complexity index is 1000. The quantitative estimate of drug-likeness (QED) is 0.532. The highest BCUT2D eigenvalue weighted by atomic mass is 16.3. The first-order chi connectivity index (χ1) is 11.1. The summed E-state index contributed by atoms with van der Waals surface area (Å²) in [5, 5.41) is 12.7. The second-order valence-corrected chi connectivity index (χ2v) is 6.39. The average Bonchev–Trinajstić information content (AvgIpc) is 2.93. The van der Waals surface area contributed by atoms with Crippen LogP contribution in [0.1, 0.15) is 19.4 Å². The Balaban J connectivity index is 2.08. The third-order valence-electron chi connectivity index (χ3n) is 4.28. The zero-order valence-electron chi connectivity index (χ0n) is 13.2. The Morgan fingerprint density at radius 3 is 2.22 bits per heavy atom. The minimum Gasteiger partial charge on any atom is -0.455 e. The van der Waals surface area contributed by atoms with Gasteiger partial charge in [-0.3, -0.25) is 0 Å². The van der Waals surface area contributed by atoms with E-state index in [4.69, 9.17) is 4.42 Å². The topological polar surface area (TPSA) is 33.4 Å². The zero-order chi connectivity index (χ0) is 16.0. The van der Waals surface area contributed by atoms with E-state index in [1.54, 1.807) is 0 Å². The largest absolute Gasteiger partial charge is 0.455 e. The second-order valence-electron chi connectivity index (χ2n) is 6.39. The van der Waals surface area contributed by atoms with Gasteiger partial charge in [0.05, 0.1) is 5.60 Å². The highest BCUT2D eigenvalue weighted by Gasteiger charge is 2.22. The number of rotatable bonds is 2. The van der Waals surface area contributed by atoms with Crippen LogP contribution in [0.3, 0.4) is 0 Å². The van der Waals surface area contributed by atoms with Crippen molar-refractivity contribution in [3.8, 4) is 11.1 Å². The molecule has 1 heterocycles. The van der Waals surface area contributed by atoms with E-state index < -0.39 is 5.60 Å². The number of fused-ring (bicyclic) bond motifs is 3. The van der Waals surface area contributed by atoms with E-state index >= 15 is 0 Å². The van der Waals surface area contributed by atoms with Gasteiger partial charge in [-0.25, -0.2) is 0 Å². The highest BCUT2D eigenvalue weighted by molar-refractivity contribution is 6.09. The lowest BCUT2D eigenvalue weighted by Crippen LogP contribution is -2.16. The molecule has 0 fully saturated rings. The summed E-state index contributed by atoms with van der Waals surface area (Å²) in [6.07, 6.45) is 0. The maximum atomic E-state index is 10.5. The number of benzene rings is 3. The van der Waals surface area contributed by atoms with Crippen LogP contribution in [-0.4, -0.2) is 5.11 Å². The van der Waals surface area contributed by atoms with Crippen molar-refractivity contribution in [1.82, 2.24) is 0 Å². The van der Waals surface area contributed by atoms with Gasteiger partial charge in [0.15, 0.2) is 0 Å². The standard InChI is InChI=1S/C21H18O2/c1-21(2,22)18-12-5-3-8-14(18)16-10-7-11-17-15-9-4-6-13-19(15)23-20(16)17/h3-13,22H,1-2H3. The molecule has 0 radical (unpaired) electrons. The van der Waals surface area contributed by atoms with Gasteiger partial charge in [0, 0.05) is 16.3 Å². The molecule has 0 aliphatic rings. The fourth-order valence-corrected chi connectivity index (χ4v) is 3.21. The molecule has 114 valence electrons. The first-order valence-electron chi connectivity index (χ1n) is 7.78. The predicted molar refractivity (Wildman–Crippen MR) is 94.4 cm³/mol. The van der Waals surface area contributed by atoms with E-state index in [-0.39, 0.29) is 0 Å². The number of hydrogen-bond acceptors (Lipinski definition) is 2. The SMILES string of the molecule is CC(C)(O)c1ccccc1-c1cccc2c1oc1ccccc12. The summed E-state index contributed by atoms with van der Waals surface area (Å²) in [5.74, 6) is 0. The van der Waals surface area contributed by atoms with E-state index in [1.165, 1.54) is 0 Å². The molecule has 2 nitrogen and oxygen atoms in total. The summed E-state index contributed by atoms with van der Waals surface area (Å²) in [6, 6.07) is 22.2. The number of aliphatic hydroxyl groups is 1. The second kappa shape index (κ2) is 4.97. The Labute approximate surface area is 135 Å². The molecule has 4 aromatic rings. The molecule has 0 aliphatic carbocycles. The van der Waals surface area contributed by atoms with E-state index in [1.807, 2.05) is 62.4 Å². The van der Waals surface area contributed by atoms with Crippen molar-refractivity contribution >= 4 is 21.9 Å². The number of hydrogen-bond donors (Lipinski definition) is 1. The Morgan fingerprint density at radius 1 is 0.739 bits per heavy atom. The molecule has 0 saturated heterocycles. The van der Waals surface area contributed by atoms with Gasteiger partial charge in [-0.05, 0) is 31.0 Å². The molecule has 0 saturated carbocycles. The summed E-state index contributed by atoms with van der Waals surface area (Å²) in [4.78, 5) is 0. The predicted octanol–water partition coefficient (Wildman–Crippen LogP) is 5.48. The van der Waals surface area contributed by atoms with Gasteiger partial charge in [-0.1, -0.05) is 60.7 Å². The molecular weight excluding hydrogens is 284 g/mol. The van der Waals surface area contributed by atoms with Gasteiger partial charge in [0.2, 0.25) is 0 Å². The molecule has 0 spiro atoms. The van der Waals surface area contributed by atoms with E-state index in [9.17, 15) is 5.11 Å². The van der Waals surface area contributed by atoms with Crippen molar-refractivity contribution in [2.24, 2.45) is 0 Å². The Hall–Kier alpha value is -2.58. The van der Waals surface area contributed by atoms with Gasteiger partial charge >= 0.3 is 0 Å². The lowest BCUT2D eigenvalue weighted by atomic mass is 9.89. The molecule has 0 amide bonds. The van der Waals surface area contributed by atoms with Gasteiger partial charge in [-0.2, -0.15) is 0 Å². The van der Waals surface area contributed by atoms with Crippen LogP contribution in [0, 0.1) is 0 Å². The van der Waals surface area contributed by atoms with Crippen molar-refractivity contribution < 1.29 is 9.52 Å². The van der Waals surface area contributed by atoms with Gasteiger partial charge < -0.3 is 9.52 Å². The molecule has 23 heavy (non-hydrogen) atoms. The van der Waals surface area contributed by atoms with Crippen LogP contribution in [0.15, 0.2) is 71.1 Å². The smallest absolute Gasteiger partial charge is 0.143 e. The third-order valence-corrected chi connectivity index (χ3v) is 4.28. The van der Waals surface area contributed by atoms with Crippen LogP contribution in [0.4, 0.5) is 0 Å². The summed E-state index contributed by atoms with van der Waals surface area (Å²) in [7, 11) is 0. The van der Waals surface area contributed by atoms with Gasteiger partial charge in [0.1, 0.15) is 11.2 Å². The molecule has 0 unspecified atom stereocenters. The van der Waals surface area contributed by atoms with Crippen molar-refractivity contribution in [3.63, 3.8) is 0 Å². The summed E-state index contributed by atoms with van der Waals surface area (Å²) >= 11 is 0. The first-order valence-corrected chi connectivity index (χ1v) is 7.78. The van der Waals surface area contributed by atoms with Crippen LogP contribution >= 0.6 is 0 Å². The monoisotopic (exact) mass is 302 g/mol. The van der Waals surface area contributed by atoms with E-state index in [0.29, 0.717) is 0 Å². The minimum absolute atomic E-state index is 0.866. The Morgan fingerprint density at radius 2 is 1.39 bits per heavy atom. The highest BCUT2D eigenvalue weighted by Crippen LogP contribution is 2.39. The zero-order valence-corrected chi connectivity index (χ0v) is 13.2. The van der Waals surface area contributed by atoms with Gasteiger partial charge in [-0.15, -0.1) is 0 Å². The first kappa shape index (κ1) is 14.0. The molecule has 1 aromatic heterocycles. The maximum Gasteiger partial charge on any atom is 0.143 e. The minimum atomic E-state index is -0.912. The van der Waals surface area contributed by atoms with Crippen LogP contribution in [-0.2, 0) is 5.60 Å². The summed E-state index contributed by atoms with van der Waals surface area (Å²) in [6.45, 7) is 3.62. The lowest BCUT2D eigenvalue weighted by molar-refractivity contribution is 0.0792. The summed E-state index contributed by atoms with van der Waals surface area (Å²) < 4.78 is 6.12. The maximum absolute atomic E-state index is 10.5. The van der Waals surface area contributed by atoms with Crippen LogP contribution in [0.5, 0.6) is 0 Å². The van der Waals surface area contributed by atoms with E-state index in [0.717, 1.165) is 38.6 Å². The van der Waals surface area contributed by atoms with Gasteiger partial charge in [0.25, 0.3) is 0 Å². The molecule has 0 bridgehead atoms. The van der Waals surface area contributed by atoms with Crippen molar-refractivity contribution in [1.29, 1.82) is 0 Å².